The number of hydrogen-bond donors (Lipinski definition) is 3. The van der Waals surface area contributed by atoms with E-state index in [2.05, 4.69) is 25.6 Å². The van der Waals surface area contributed by atoms with Gasteiger partial charge < -0.3 is 15.7 Å². The highest BCUT2D eigenvalue weighted by Gasteiger charge is 1.98. The van der Waals surface area contributed by atoms with Crippen LogP contribution in [0.4, 0.5) is 17.3 Å². The van der Waals surface area contributed by atoms with Gasteiger partial charge in [0.15, 0.2) is 0 Å². The third-order valence-electron chi connectivity index (χ3n) is 2.26. The van der Waals surface area contributed by atoms with Crippen molar-refractivity contribution in [3.8, 4) is 0 Å². The maximum atomic E-state index is 8.70. The molecule has 2 heterocycles. The highest BCUT2D eigenvalue weighted by Crippen LogP contribution is 2.14. The minimum absolute atomic E-state index is 0.167. The summed E-state index contributed by atoms with van der Waals surface area (Å²) >= 11 is 0. The van der Waals surface area contributed by atoms with E-state index >= 15 is 0 Å². The van der Waals surface area contributed by atoms with Crippen molar-refractivity contribution in [2.75, 3.05) is 23.8 Å². The van der Waals surface area contributed by atoms with Gasteiger partial charge in [-0.3, -0.25) is 4.98 Å². The first-order chi connectivity index (χ1) is 8.88. The SMILES string of the molecule is OCCCNc1cc(Nc2ccncc2)ncn1. The monoisotopic (exact) mass is 245 g/mol. The number of aromatic nitrogens is 3. The Balaban J connectivity index is 1.99. The molecular formula is C12H15N5O. The number of anilines is 3. The van der Waals surface area contributed by atoms with E-state index in [1.165, 1.54) is 6.33 Å². The van der Waals surface area contributed by atoms with E-state index in [9.17, 15) is 0 Å². The van der Waals surface area contributed by atoms with Gasteiger partial charge in [0.1, 0.15) is 18.0 Å². The molecule has 6 heteroatoms. The fourth-order valence-electron chi connectivity index (χ4n) is 1.40. The second kappa shape index (κ2) is 6.51. The van der Waals surface area contributed by atoms with E-state index < -0.39 is 0 Å². The van der Waals surface area contributed by atoms with Crippen molar-refractivity contribution in [1.29, 1.82) is 0 Å². The Kier molecular flexibility index (Phi) is 4.43. The van der Waals surface area contributed by atoms with Gasteiger partial charge in [-0.25, -0.2) is 9.97 Å². The van der Waals surface area contributed by atoms with Gasteiger partial charge in [0.2, 0.25) is 0 Å². The van der Waals surface area contributed by atoms with Gasteiger partial charge in [0, 0.05) is 37.3 Å². The molecule has 0 aromatic carbocycles. The third-order valence-corrected chi connectivity index (χ3v) is 2.26. The first-order valence-electron chi connectivity index (χ1n) is 5.72. The minimum atomic E-state index is 0.167. The zero-order valence-electron chi connectivity index (χ0n) is 9.87. The van der Waals surface area contributed by atoms with E-state index in [0.717, 1.165) is 11.5 Å². The highest BCUT2D eigenvalue weighted by atomic mass is 16.3. The molecule has 0 radical (unpaired) electrons. The van der Waals surface area contributed by atoms with Crippen LogP contribution in [0, 0.1) is 0 Å². The summed E-state index contributed by atoms with van der Waals surface area (Å²) in [7, 11) is 0. The second-order valence-corrected chi connectivity index (χ2v) is 3.65. The maximum absolute atomic E-state index is 8.70. The van der Waals surface area contributed by atoms with Crippen LogP contribution in [0.3, 0.4) is 0 Å². The summed E-state index contributed by atoms with van der Waals surface area (Å²) in [5, 5.41) is 15.0. The number of pyridine rings is 1. The Morgan fingerprint density at radius 3 is 2.67 bits per heavy atom. The molecule has 0 spiro atoms. The highest BCUT2D eigenvalue weighted by molar-refractivity contribution is 5.57. The number of aliphatic hydroxyl groups is 1. The van der Waals surface area contributed by atoms with Crippen LogP contribution in [0.1, 0.15) is 6.42 Å². The Hall–Kier alpha value is -2.21. The van der Waals surface area contributed by atoms with E-state index in [1.807, 2.05) is 18.2 Å². The average Bonchev–Trinajstić information content (AvgIpc) is 2.41. The first-order valence-corrected chi connectivity index (χ1v) is 5.72. The maximum Gasteiger partial charge on any atom is 0.135 e. The molecule has 2 aromatic heterocycles. The fourth-order valence-corrected chi connectivity index (χ4v) is 1.40. The van der Waals surface area contributed by atoms with E-state index in [0.29, 0.717) is 18.8 Å². The molecule has 0 aliphatic heterocycles. The average molecular weight is 245 g/mol. The molecule has 18 heavy (non-hydrogen) atoms. The Morgan fingerprint density at radius 2 is 1.89 bits per heavy atom. The van der Waals surface area contributed by atoms with Crippen LogP contribution < -0.4 is 10.6 Å². The Labute approximate surface area is 105 Å². The zero-order valence-corrected chi connectivity index (χ0v) is 9.87. The van der Waals surface area contributed by atoms with Crippen LogP contribution in [0.5, 0.6) is 0 Å². The number of aliphatic hydroxyl groups excluding tert-OH is 1. The molecule has 2 rings (SSSR count). The lowest BCUT2D eigenvalue weighted by Gasteiger charge is -2.07. The molecule has 2 aromatic rings. The van der Waals surface area contributed by atoms with E-state index in [4.69, 9.17) is 5.11 Å². The molecule has 0 aliphatic carbocycles. The van der Waals surface area contributed by atoms with Gasteiger partial charge in [-0.15, -0.1) is 0 Å². The van der Waals surface area contributed by atoms with Gasteiger partial charge in [-0.1, -0.05) is 0 Å². The quantitative estimate of drug-likeness (QED) is 0.667. The van der Waals surface area contributed by atoms with Gasteiger partial charge >= 0.3 is 0 Å². The molecule has 0 fully saturated rings. The first kappa shape index (κ1) is 12.3. The molecule has 0 aliphatic rings. The number of rotatable bonds is 6. The van der Waals surface area contributed by atoms with Crippen LogP contribution >= 0.6 is 0 Å². The van der Waals surface area contributed by atoms with Crippen molar-refractivity contribution in [2.24, 2.45) is 0 Å². The van der Waals surface area contributed by atoms with Crippen LogP contribution in [0.15, 0.2) is 36.9 Å². The summed E-state index contributed by atoms with van der Waals surface area (Å²) in [6.45, 7) is 0.850. The summed E-state index contributed by atoms with van der Waals surface area (Å²) in [4.78, 5) is 12.2. The summed E-state index contributed by atoms with van der Waals surface area (Å²) in [5.74, 6) is 1.44. The molecule has 0 amide bonds. The van der Waals surface area contributed by atoms with E-state index in [-0.39, 0.29) is 6.61 Å². The minimum Gasteiger partial charge on any atom is -0.396 e. The molecule has 94 valence electrons. The topological polar surface area (TPSA) is 83.0 Å². The lowest BCUT2D eigenvalue weighted by Crippen LogP contribution is -2.06. The lowest BCUT2D eigenvalue weighted by atomic mass is 10.4. The number of hydrogen-bond acceptors (Lipinski definition) is 6. The zero-order chi connectivity index (χ0) is 12.6. The van der Waals surface area contributed by atoms with Crippen molar-refractivity contribution in [2.45, 2.75) is 6.42 Å². The van der Waals surface area contributed by atoms with Crippen LogP contribution in [-0.2, 0) is 0 Å². The van der Waals surface area contributed by atoms with E-state index in [1.54, 1.807) is 12.4 Å². The molecule has 0 bridgehead atoms. The standard InChI is InChI=1S/C12H15N5O/c18-7-1-4-14-11-8-12(16-9-15-11)17-10-2-5-13-6-3-10/h2-3,5-6,8-9,18H,1,4,7H2,(H2,13,14,15,16,17). The smallest absolute Gasteiger partial charge is 0.135 e. The van der Waals surface area contributed by atoms with Crippen molar-refractivity contribution in [3.05, 3.63) is 36.9 Å². The van der Waals surface area contributed by atoms with Crippen LogP contribution in [0.2, 0.25) is 0 Å². The normalized spacial score (nSPS) is 10.1. The summed E-state index contributed by atoms with van der Waals surface area (Å²) in [6.07, 6.45) is 5.61. The third kappa shape index (κ3) is 3.67. The Bertz CT molecular complexity index is 477. The summed E-state index contributed by atoms with van der Waals surface area (Å²) in [6, 6.07) is 5.54. The van der Waals surface area contributed by atoms with Crippen molar-refractivity contribution < 1.29 is 5.11 Å². The summed E-state index contributed by atoms with van der Waals surface area (Å²) in [5.41, 5.74) is 0.921. The van der Waals surface area contributed by atoms with Gasteiger partial charge in [-0.05, 0) is 18.6 Å². The fraction of sp³-hybridized carbons (Fsp3) is 0.250. The molecular weight excluding hydrogens is 230 g/mol. The lowest BCUT2D eigenvalue weighted by molar-refractivity contribution is 0.292. The van der Waals surface area contributed by atoms with Crippen LogP contribution in [0.25, 0.3) is 0 Å². The molecule has 3 N–H and O–H groups in total. The van der Waals surface area contributed by atoms with Gasteiger partial charge in [0.05, 0.1) is 0 Å². The largest absolute Gasteiger partial charge is 0.396 e. The predicted octanol–water partition coefficient (Wildman–Crippen LogP) is 1.41. The number of nitrogens with zero attached hydrogens (tertiary/aromatic N) is 3. The number of nitrogens with one attached hydrogen (secondary N) is 2. The molecule has 0 saturated heterocycles. The van der Waals surface area contributed by atoms with Crippen molar-refractivity contribution >= 4 is 17.3 Å². The van der Waals surface area contributed by atoms with Crippen molar-refractivity contribution in [3.63, 3.8) is 0 Å². The second-order valence-electron chi connectivity index (χ2n) is 3.65. The molecule has 0 saturated carbocycles. The molecule has 6 nitrogen and oxygen atoms in total. The van der Waals surface area contributed by atoms with Gasteiger partial charge in [-0.2, -0.15) is 0 Å². The predicted molar refractivity (Wildman–Crippen MR) is 69.7 cm³/mol. The summed E-state index contributed by atoms with van der Waals surface area (Å²) < 4.78 is 0. The Morgan fingerprint density at radius 1 is 1.11 bits per heavy atom. The molecule has 0 atom stereocenters. The molecule has 0 unspecified atom stereocenters. The van der Waals surface area contributed by atoms with Crippen LogP contribution in [-0.4, -0.2) is 33.2 Å². The van der Waals surface area contributed by atoms with Gasteiger partial charge in [0.25, 0.3) is 0 Å². The van der Waals surface area contributed by atoms with Crippen molar-refractivity contribution in [1.82, 2.24) is 15.0 Å².